The van der Waals surface area contributed by atoms with Gasteiger partial charge in [0.1, 0.15) is 17.7 Å². The zero-order chi connectivity index (χ0) is 13.7. The van der Waals surface area contributed by atoms with Crippen molar-refractivity contribution in [2.24, 2.45) is 16.7 Å². The topological polar surface area (TPSA) is 45.9 Å². The van der Waals surface area contributed by atoms with Gasteiger partial charge in [0.25, 0.3) is 0 Å². The summed E-state index contributed by atoms with van der Waals surface area (Å²) in [5, 5.41) is 9.12. The Morgan fingerprint density at radius 3 is 2.79 bits per heavy atom. The molecule has 0 amide bonds. The molecule has 3 nitrogen and oxygen atoms in total. The Hall–Kier alpha value is -1.56. The average molecular weight is 256 g/mol. The van der Waals surface area contributed by atoms with E-state index in [4.69, 9.17) is 10.00 Å². The lowest BCUT2D eigenvalue weighted by molar-refractivity contribution is 0.0271. The molecule has 3 atom stereocenters. The summed E-state index contributed by atoms with van der Waals surface area (Å²) < 4.78 is 6.14. The number of hydrogen-bond donors (Lipinski definition) is 0. The van der Waals surface area contributed by atoms with Gasteiger partial charge in [-0.15, -0.1) is 0 Å². The second-order valence-electron chi connectivity index (χ2n) is 6.68. The number of nitrogens with zero attached hydrogens (tertiary/aromatic N) is 2. The second-order valence-corrected chi connectivity index (χ2v) is 6.68. The van der Waals surface area contributed by atoms with E-state index < -0.39 is 0 Å². The Labute approximate surface area is 114 Å². The molecule has 2 bridgehead atoms. The summed E-state index contributed by atoms with van der Waals surface area (Å²) in [4.78, 5) is 4.23. The Morgan fingerprint density at radius 2 is 2.21 bits per heavy atom. The molecule has 2 saturated carbocycles. The van der Waals surface area contributed by atoms with Crippen LogP contribution in [0.5, 0.6) is 5.88 Å². The van der Waals surface area contributed by atoms with Crippen LogP contribution in [0.3, 0.4) is 0 Å². The molecular formula is C16H20N2O. The molecule has 3 rings (SSSR count). The molecule has 0 N–H and O–H groups in total. The van der Waals surface area contributed by atoms with Crippen LogP contribution in [0.4, 0.5) is 0 Å². The Kier molecular flexibility index (Phi) is 2.60. The van der Waals surface area contributed by atoms with Gasteiger partial charge in [0.2, 0.25) is 5.88 Å². The van der Waals surface area contributed by atoms with Crippen LogP contribution in [-0.2, 0) is 0 Å². The minimum absolute atomic E-state index is 0.184. The first-order chi connectivity index (χ1) is 8.99. The van der Waals surface area contributed by atoms with E-state index in [9.17, 15) is 0 Å². The van der Waals surface area contributed by atoms with Crippen LogP contribution in [0, 0.1) is 28.1 Å². The molecule has 3 unspecified atom stereocenters. The smallest absolute Gasteiger partial charge is 0.231 e. The van der Waals surface area contributed by atoms with Crippen LogP contribution >= 0.6 is 0 Å². The van der Waals surface area contributed by atoms with E-state index in [1.165, 1.54) is 12.8 Å². The molecule has 0 radical (unpaired) electrons. The van der Waals surface area contributed by atoms with Gasteiger partial charge >= 0.3 is 0 Å². The average Bonchev–Trinajstić information content (AvgIpc) is 2.72. The van der Waals surface area contributed by atoms with Gasteiger partial charge in [0.05, 0.1) is 0 Å². The number of hydrogen-bond acceptors (Lipinski definition) is 3. The second kappa shape index (κ2) is 3.96. The summed E-state index contributed by atoms with van der Waals surface area (Å²) in [6.07, 6.45) is 5.48. The normalized spacial score (nSPS) is 35.1. The number of nitriles is 1. The van der Waals surface area contributed by atoms with Crippen LogP contribution in [0.15, 0.2) is 18.3 Å². The van der Waals surface area contributed by atoms with Crippen LogP contribution in [0.2, 0.25) is 0 Å². The predicted molar refractivity (Wildman–Crippen MR) is 72.6 cm³/mol. The highest BCUT2D eigenvalue weighted by Crippen LogP contribution is 2.66. The number of aromatic nitrogens is 1. The highest BCUT2D eigenvalue weighted by atomic mass is 16.5. The van der Waals surface area contributed by atoms with Gasteiger partial charge in [-0.25, -0.2) is 4.98 Å². The first-order valence-electron chi connectivity index (χ1n) is 7.01. The fourth-order valence-electron chi connectivity index (χ4n) is 4.01. The summed E-state index contributed by atoms with van der Waals surface area (Å²) in [6, 6.07) is 5.70. The summed E-state index contributed by atoms with van der Waals surface area (Å²) in [5.41, 5.74) is 1.05. The van der Waals surface area contributed by atoms with E-state index >= 15 is 0 Å². The molecule has 2 aliphatic rings. The number of ether oxygens (including phenoxy) is 1. The number of rotatable bonds is 2. The minimum atomic E-state index is 0.184. The number of fused-ring (bicyclic) bond motifs is 2. The van der Waals surface area contributed by atoms with E-state index in [1.807, 2.05) is 0 Å². The van der Waals surface area contributed by atoms with Crippen LogP contribution in [0.1, 0.15) is 45.6 Å². The van der Waals surface area contributed by atoms with Crippen molar-refractivity contribution < 1.29 is 4.74 Å². The standard InChI is InChI=1S/C16H20N2O/c1-15(2)12-6-7-16(15,3)13(9-12)19-14-11(10-17)5-4-8-18-14/h4-5,8,12-13H,6-7,9H2,1-3H3. The first-order valence-corrected chi connectivity index (χ1v) is 7.01. The van der Waals surface area contributed by atoms with Crippen LogP contribution in [0.25, 0.3) is 0 Å². The van der Waals surface area contributed by atoms with Gasteiger partial charge in [0.15, 0.2) is 0 Å². The van der Waals surface area contributed by atoms with E-state index in [-0.39, 0.29) is 11.5 Å². The van der Waals surface area contributed by atoms with Crippen molar-refractivity contribution in [2.45, 2.75) is 46.1 Å². The van der Waals surface area contributed by atoms with Gasteiger partial charge in [-0.1, -0.05) is 20.8 Å². The molecule has 0 aromatic carbocycles. The maximum atomic E-state index is 9.12. The molecule has 0 spiro atoms. The lowest BCUT2D eigenvalue weighted by Crippen LogP contribution is -2.39. The molecule has 1 aromatic rings. The monoisotopic (exact) mass is 256 g/mol. The van der Waals surface area contributed by atoms with Crippen molar-refractivity contribution in [3.8, 4) is 11.9 Å². The fourth-order valence-corrected chi connectivity index (χ4v) is 4.01. The van der Waals surface area contributed by atoms with Gasteiger partial charge in [-0.05, 0) is 42.7 Å². The third-order valence-corrected chi connectivity index (χ3v) is 5.86. The van der Waals surface area contributed by atoms with E-state index in [0.29, 0.717) is 16.9 Å². The molecule has 0 aliphatic heterocycles. The third-order valence-electron chi connectivity index (χ3n) is 5.86. The molecule has 19 heavy (non-hydrogen) atoms. The fraction of sp³-hybridized carbons (Fsp3) is 0.625. The lowest BCUT2D eigenvalue weighted by atomic mass is 9.70. The van der Waals surface area contributed by atoms with Crippen LogP contribution in [-0.4, -0.2) is 11.1 Å². The summed E-state index contributed by atoms with van der Waals surface area (Å²) in [7, 11) is 0. The largest absolute Gasteiger partial charge is 0.473 e. The number of pyridine rings is 1. The highest BCUT2D eigenvalue weighted by Gasteiger charge is 2.62. The van der Waals surface area contributed by atoms with Crippen molar-refractivity contribution in [3.63, 3.8) is 0 Å². The Morgan fingerprint density at radius 1 is 1.42 bits per heavy atom. The molecule has 100 valence electrons. The quantitative estimate of drug-likeness (QED) is 0.813. The first kappa shape index (κ1) is 12.5. The molecule has 1 heterocycles. The molecular weight excluding hydrogens is 236 g/mol. The zero-order valence-electron chi connectivity index (χ0n) is 11.8. The van der Waals surface area contributed by atoms with Gasteiger partial charge in [-0.2, -0.15) is 5.26 Å². The van der Waals surface area contributed by atoms with Crippen molar-refractivity contribution in [3.05, 3.63) is 23.9 Å². The van der Waals surface area contributed by atoms with Crippen molar-refractivity contribution in [2.75, 3.05) is 0 Å². The van der Waals surface area contributed by atoms with Gasteiger partial charge < -0.3 is 4.74 Å². The van der Waals surface area contributed by atoms with E-state index in [2.05, 4.69) is 31.8 Å². The van der Waals surface area contributed by atoms with Crippen LogP contribution < -0.4 is 4.74 Å². The molecule has 3 heteroatoms. The highest BCUT2D eigenvalue weighted by molar-refractivity contribution is 5.37. The summed E-state index contributed by atoms with van der Waals surface area (Å²) in [6.45, 7) is 7.05. The Balaban J connectivity index is 1.89. The molecule has 2 fully saturated rings. The van der Waals surface area contributed by atoms with Gasteiger partial charge in [0, 0.05) is 11.6 Å². The van der Waals surface area contributed by atoms with Crippen molar-refractivity contribution in [1.82, 2.24) is 4.98 Å². The van der Waals surface area contributed by atoms with E-state index in [0.717, 1.165) is 12.3 Å². The van der Waals surface area contributed by atoms with Crippen molar-refractivity contribution in [1.29, 1.82) is 5.26 Å². The SMILES string of the molecule is CC1(C)C2CCC1(C)C(Oc1ncccc1C#N)C2. The predicted octanol–water partition coefficient (Wildman–Crippen LogP) is 3.55. The van der Waals surface area contributed by atoms with Gasteiger partial charge in [-0.3, -0.25) is 0 Å². The van der Waals surface area contributed by atoms with E-state index in [1.54, 1.807) is 18.3 Å². The zero-order valence-corrected chi connectivity index (χ0v) is 11.8. The summed E-state index contributed by atoms with van der Waals surface area (Å²) in [5.74, 6) is 1.23. The molecule has 0 saturated heterocycles. The Bertz CT molecular complexity index is 546. The molecule has 1 aromatic heterocycles. The maximum absolute atomic E-state index is 9.12. The van der Waals surface area contributed by atoms with Crippen molar-refractivity contribution >= 4 is 0 Å². The summed E-state index contributed by atoms with van der Waals surface area (Å²) >= 11 is 0. The molecule has 2 aliphatic carbocycles. The maximum Gasteiger partial charge on any atom is 0.231 e. The lowest BCUT2D eigenvalue weighted by Gasteiger charge is -2.38. The third kappa shape index (κ3) is 1.59. The minimum Gasteiger partial charge on any atom is -0.473 e.